The molecule has 0 bridgehead atoms. The Balaban J connectivity index is 1.38. The lowest BCUT2D eigenvalue weighted by molar-refractivity contribution is 0.102. The van der Waals surface area contributed by atoms with E-state index in [-0.39, 0.29) is 34.9 Å². The van der Waals surface area contributed by atoms with Crippen molar-refractivity contribution in [3.05, 3.63) is 197 Å². The van der Waals surface area contributed by atoms with E-state index in [4.69, 9.17) is 4.74 Å². The highest BCUT2D eigenvalue weighted by Crippen LogP contribution is 2.54. The minimum atomic E-state index is -4.43. The highest BCUT2D eigenvalue weighted by atomic mass is 31.2. The van der Waals surface area contributed by atoms with Gasteiger partial charge >= 0.3 is 0 Å². The molecule has 0 saturated carbocycles. The molecule has 0 aliphatic carbocycles. The molecule has 0 amide bonds. The van der Waals surface area contributed by atoms with Gasteiger partial charge in [-0.1, -0.05) is 108 Å². The highest BCUT2D eigenvalue weighted by Gasteiger charge is 2.46. The summed E-state index contributed by atoms with van der Waals surface area (Å²) in [4.78, 5) is 59.2. The van der Waals surface area contributed by atoms with Crippen molar-refractivity contribution >= 4 is 47.0 Å². The lowest BCUT2D eigenvalue weighted by atomic mass is 9.93. The van der Waals surface area contributed by atoms with Gasteiger partial charge in [-0.2, -0.15) is 0 Å². The van der Waals surface area contributed by atoms with E-state index in [2.05, 4.69) is 0 Å². The van der Waals surface area contributed by atoms with Crippen molar-refractivity contribution in [2.75, 3.05) is 0 Å². The van der Waals surface area contributed by atoms with Crippen LogP contribution in [0.2, 0.25) is 0 Å². The molecule has 63 heavy (non-hydrogen) atoms. The maximum absolute atomic E-state index is 15.4. The number of hydrogen-bond donors (Lipinski definition) is 0. The molecule has 6 aromatic carbocycles. The van der Waals surface area contributed by atoms with Gasteiger partial charge in [0.1, 0.15) is 0 Å². The number of carbonyl (C=O) groups is 4. The van der Waals surface area contributed by atoms with Crippen molar-refractivity contribution in [3.8, 4) is 0 Å². The normalized spacial score (nSPS) is 13.3. The molecule has 6 aromatic rings. The van der Waals surface area contributed by atoms with Crippen molar-refractivity contribution in [1.29, 1.82) is 0 Å². The van der Waals surface area contributed by atoms with Gasteiger partial charge in [-0.25, -0.2) is 0 Å². The predicted molar refractivity (Wildman–Crippen MR) is 256 cm³/mol. The summed E-state index contributed by atoms with van der Waals surface area (Å²) in [5.74, 6) is 0. The van der Waals surface area contributed by atoms with E-state index in [1.165, 1.54) is 0 Å². The van der Waals surface area contributed by atoms with E-state index in [0.717, 1.165) is 22.3 Å². The summed E-state index contributed by atoms with van der Waals surface area (Å²) in [7, 11) is -8.86. The maximum atomic E-state index is 15.4. The second kappa shape index (κ2) is 18.3. The molecule has 0 spiro atoms. The van der Waals surface area contributed by atoms with Crippen LogP contribution >= 0.6 is 14.3 Å². The molecule has 2 unspecified atom stereocenters. The molecule has 0 radical (unpaired) electrons. The molecule has 0 aromatic heterocycles. The molecule has 6 rings (SSSR count). The summed E-state index contributed by atoms with van der Waals surface area (Å²) < 4.78 is 37.3. The van der Waals surface area contributed by atoms with Crippen LogP contribution < -0.4 is 10.6 Å². The lowest BCUT2D eigenvalue weighted by Crippen LogP contribution is -2.23. The molecule has 7 nitrogen and oxygen atoms in total. The van der Waals surface area contributed by atoms with E-state index in [9.17, 15) is 19.2 Å². The lowest BCUT2D eigenvalue weighted by Gasteiger charge is -2.24. The molecule has 0 N–H and O–H groups in total. The zero-order valence-electron chi connectivity index (χ0n) is 38.4. The summed E-state index contributed by atoms with van der Waals surface area (Å²) >= 11 is 0. The zero-order chi connectivity index (χ0) is 46.3. The fourth-order valence-corrected chi connectivity index (χ4v) is 14.5. The molecule has 0 aliphatic heterocycles. The van der Waals surface area contributed by atoms with E-state index >= 15 is 9.13 Å². The SMILES string of the molecule is Cc1cc(C)c(C(=O)P(=O)(C(=O)c2c(C)cc(C)c(COCc3c(C)cc(C)c(C(=O)P(=O)(C(=O)c4c(C)cc(C)cc4C)c4ccccc4)c3C)c2C)c2ccccc2)c(C)c1. The zero-order valence-corrected chi connectivity index (χ0v) is 40.2. The standard InChI is InChI=1S/C54H56O7P2/c1-31-23-35(5)47(36(6)24-31)51(55)62(59,43-19-15-13-16-20-43)53(57)49-39(9)27-33(3)45(41(49)11)29-61-30-46-34(4)28-40(10)50(42(46)12)54(58)63(60,44-21-17-14-18-22-44)52(56)48-37(7)25-32(2)26-38(48)8/h13-28H,29-30H2,1-12H3. The van der Waals surface area contributed by atoms with E-state index in [1.54, 1.807) is 116 Å². The second-order valence-corrected chi connectivity index (χ2v) is 22.2. The van der Waals surface area contributed by atoms with Crippen LogP contribution in [0.5, 0.6) is 0 Å². The molecule has 0 saturated heterocycles. The Hall–Kier alpha value is -5.58. The molecule has 2 atom stereocenters. The third kappa shape index (κ3) is 8.47. The van der Waals surface area contributed by atoms with Crippen LogP contribution in [0.1, 0.15) is 119 Å². The first-order valence-electron chi connectivity index (χ1n) is 21.1. The topological polar surface area (TPSA) is 112 Å². The Morgan fingerprint density at radius 3 is 0.952 bits per heavy atom. The number of rotatable bonds is 14. The van der Waals surface area contributed by atoms with Crippen molar-refractivity contribution in [2.45, 2.75) is 96.3 Å². The van der Waals surface area contributed by atoms with Gasteiger partial charge in [-0.05, 0) is 150 Å². The molecule has 0 heterocycles. The van der Waals surface area contributed by atoms with Crippen LogP contribution in [-0.2, 0) is 27.1 Å². The van der Waals surface area contributed by atoms with Gasteiger partial charge in [0.15, 0.2) is 0 Å². The quantitative estimate of drug-likeness (QED) is 0.100. The first kappa shape index (κ1) is 46.9. The largest absolute Gasteiger partial charge is 0.372 e. The fraction of sp³-hybridized carbons (Fsp3) is 0.259. The Morgan fingerprint density at radius 1 is 0.381 bits per heavy atom. The average molecular weight is 879 g/mol. The maximum Gasteiger partial charge on any atom is 0.248 e. The predicted octanol–water partition coefficient (Wildman–Crippen LogP) is 12.4. The summed E-state index contributed by atoms with van der Waals surface area (Å²) in [6.07, 6.45) is 0. The highest BCUT2D eigenvalue weighted by molar-refractivity contribution is 8.01. The van der Waals surface area contributed by atoms with Crippen molar-refractivity contribution in [3.63, 3.8) is 0 Å². The Kier molecular flexibility index (Phi) is 13.6. The van der Waals surface area contributed by atoms with Crippen LogP contribution in [-0.4, -0.2) is 22.1 Å². The van der Waals surface area contributed by atoms with Gasteiger partial charge in [0.2, 0.25) is 36.4 Å². The van der Waals surface area contributed by atoms with E-state index in [0.29, 0.717) is 66.8 Å². The van der Waals surface area contributed by atoms with Crippen LogP contribution in [0.25, 0.3) is 0 Å². The monoisotopic (exact) mass is 878 g/mol. The van der Waals surface area contributed by atoms with Crippen LogP contribution in [0, 0.1) is 83.1 Å². The molecule has 0 fully saturated rings. The van der Waals surface area contributed by atoms with Gasteiger partial charge in [0.05, 0.1) is 13.2 Å². The number of aryl methyl sites for hydroxylation is 10. The first-order valence-corrected chi connectivity index (χ1v) is 24.5. The Bertz CT molecular complexity index is 2710. The minimum Gasteiger partial charge on any atom is -0.372 e. The molecule has 324 valence electrons. The molecule has 0 aliphatic rings. The molecular weight excluding hydrogens is 823 g/mol. The van der Waals surface area contributed by atoms with Gasteiger partial charge in [-0.3, -0.25) is 19.2 Å². The van der Waals surface area contributed by atoms with Crippen molar-refractivity contribution in [1.82, 2.24) is 0 Å². The van der Waals surface area contributed by atoms with Gasteiger partial charge in [-0.15, -0.1) is 0 Å². The second-order valence-electron chi connectivity index (χ2n) is 17.1. The smallest absolute Gasteiger partial charge is 0.248 e. The number of carbonyl (C=O) groups excluding carboxylic acids is 4. The van der Waals surface area contributed by atoms with E-state index in [1.807, 2.05) is 64.1 Å². The van der Waals surface area contributed by atoms with Crippen LogP contribution in [0.3, 0.4) is 0 Å². The third-order valence-corrected chi connectivity index (χ3v) is 17.6. The van der Waals surface area contributed by atoms with Gasteiger partial charge in [0, 0.05) is 32.9 Å². The number of benzene rings is 6. The van der Waals surface area contributed by atoms with Crippen molar-refractivity contribution < 1.29 is 33.0 Å². The Labute approximate surface area is 372 Å². The summed E-state index contributed by atoms with van der Waals surface area (Å²) in [5, 5.41) is 0.352. The minimum absolute atomic E-state index is 0.0565. The first-order chi connectivity index (χ1) is 29.7. The number of ether oxygens (including phenoxy) is 1. The van der Waals surface area contributed by atoms with Crippen LogP contribution in [0.4, 0.5) is 0 Å². The number of hydrogen-bond acceptors (Lipinski definition) is 7. The summed E-state index contributed by atoms with van der Waals surface area (Å²) in [5.41, 5.74) is 8.19. The summed E-state index contributed by atoms with van der Waals surface area (Å²) in [6.45, 7) is 22.2. The molecule has 9 heteroatoms. The fourth-order valence-electron chi connectivity index (χ4n) is 9.40. The Morgan fingerprint density at radius 2 is 0.651 bits per heavy atom. The van der Waals surface area contributed by atoms with Crippen LogP contribution in [0.15, 0.2) is 97.1 Å². The average Bonchev–Trinajstić information content (AvgIpc) is 3.21. The molecular formula is C54H56O7P2. The van der Waals surface area contributed by atoms with Gasteiger partial charge < -0.3 is 13.9 Å². The van der Waals surface area contributed by atoms with E-state index < -0.39 is 36.4 Å². The van der Waals surface area contributed by atoms with Crippen molar-refractivity contribution in [2.24, 2.45) is 0 Å². The van der Waals surface area contributed by atoms with Gasteiger partial charge in [0.25, 0.3) is 0 Å². The third-order valence-electron chi connectivity index (χ3n) is 12.3. The summed E-state index contributed by atoms with van der Waals surface area (Å²) in [6, 6.07) is 27.8.